The highest BCUT2D eigenvalue weighted by molar-refractivity contribution is 5.98. The van der Waals surface area contributed by atoms with Gasteiger partial charge in [-0.1, -0.05) is 65.0 Å². The number of amides is 3. The number of morpholine rings is 1. The van der Waals surface area contributed by atoms with Crippen molar-refractivity contribution in [3.8, 4) is 0 Å². The van der Waals surface area contributed by atoms with Crippen LogP contribution in [0.4, 0.5) is 10.6 Å². The molecule has 0 radical (unpaired) electrons. The van der Waals surface area contributed by atoms with Gasteiger partial charge in [-0.2, -0.15) is 0 Å². The number of carbonyl (C=O) groups excluding carboxylic acids is 3. The summed E-state index contributed by atoms with van der Waals surface area (Å²) in [5.74, 6) is 0.335. The maximum Gasteiger partial charge on any atom is 0.410 e. The molecular formula is C38H58N6O6. The quantitative estimate of drug-likeness (QED) is 0.302. The van der Waals surface area contributed by atoms with Gasteiger partial charge in [-0.05, 0) is 45.1 Å². The zero-order valence-corrected chi connectivity index (χ0v) is 31.5. The Labute approximate surface area is 298 Å². The first-order chi connectivity index (χ1) is 23.6. The van der Waals surface area contributed by atoms with Crippen LogP contribution in [0, 0.1) is 11.8 Å². The second kappa shape index (κ2) is 17.0. The maximum atomic E-state index is 14.7. The Morgan fingerprint density at radius 1 is 1.08 bits per heavy atom. The van der Waals surface area contributed by atoms with E-state index in [1.54, 1.807) is 18.2 Å². The van der Waals surface area contributed by atoms with Gasteiger partial charge in [0.05, 0.1) is 31.2 Å². The third-order valence-electron chi connectivity index (χ3n) is 8.80. The van der Waals surface area contributed by atoms with Crippen LogP contribution in [-0.4, -0.2) is 114 Å². The van der Waals surface area contributed by atoms with Gasteiger partial charge >= 0.3 is 6.09 Å². The van der Waals surface area contributed by atoms with Crippen molar-refractivity contribution in [2.75, 3.05) is 65.0 Å². The van der Waals surface area contributed by atoms with Crippen molar-refractivity contribution in [2.45, 2.75) is 91.3 Å². The highest BCUT2D eigenvalue weighted by atomic mass is 16.6. The summed E-state index contributed by atoms with van der Waals surface area (Å²) in [7, 11) is 1.66. The number of likely N-dealkylation sites (tertiary alicyclic amines) is 1. The van der Waals surface area contributed by atoms with E-state index in [2.05, 4.69) is 24.1 Å². The first-order valence-corrected chi connectivity index (χ1v) is 17.9. The molecule has 0 spiro atoms. The van der Waals surface area contributed by atoms with Crippen LogP contribution < -0.4 is 5.32 Å². The SMILES string of the molecule is COCCCNc1nc(C(C)(C)C)ncc1C(=O)N(CC(C)C)[C@H]1C[C@@H](C(=O)N2CCOCC2c2ccccc2)CN(C(=O)OC(C)(C)C)C1. The van der Waals surface area contributed by atoms with E-state index >= 15 is 0 Å². The predicted molar refractivity (Wildman–Crippen MR) is 193 cm³/mol. The summed E-state index contributed by atoms with van der Waals surface area (Å²) in [6.07, 6.45) is 2.23. The first-order valence-electron chi connectivity index (χ1n) is 17.9. The monoisotopic (exact) mass is 694 g/mol. The van der Waals surface area contributed by atoms with E-state index in [0.29, 0.717) is 63.1 Å². The van der Waals surface area contributed by atoms with E-state index in [9.17, 15) is 14.4 Å². The molecule has 1 aromatic heterocycles. The van der Waals surface area contributed by atoms with Crippen LogP contribution in [0.5, 0.6) is 0 Å². The van der Waals surface area contributed by atoms with Crippen molar-refractivity contribution in [3.05, 3.63) is 53.5 Å². The number of nitrogens with one attached hydrogen (secondary N) is 1. The topological polar surface area (TPSA) is 126 Å². The lowest BCUT2D eigenvalue weighted by molar-refractivity contribution is -0.147. The Hall–Kier alpha value is -3.77. The number of nitrogens with zero attached hydrogens (tertiary/aromatic N) is 5. The van der Waals surface area contributed by atoms with Gasteiger partial charge in [0, 0.05) is 58.1 Å². The number of hydrogen-bond acceptors (Lipinski definition) is 9. The summed E-state index contributed by atoms with van der Waals surface area (Å²) in [6, 6.07) is 9.18. The van der Waals surface area contributed by atoms with Crippen molar-refractivity contribution < 1.29 is 28.6 Å². The molecule has 1 unspecified atom stereocenters. The molecule has 3 atom stereocenters. The van der Waals surface area contributed by atoms with Gasteiger partial charge in [0.1, 0.15) is 22.8 Å². The summed E-state index contributed by atoms with van der Waals surface area (Å²) in [6.45, 7) is 18.9. The molecule has 3 amide bonds. The van der Waals surface area contributed by atoms with Crippen molar-refractivity contribution in [2.24, 2.45) is 11.8 Å². The van der Waals surface area contributed by atoms with Crippen molar-refractivity contribution in [1.29, 1.82) is 0 Å². The number of anilines is 1. The second-order valence-electron chi connectivity index (χ2n) is 15.8. The van der Waals surface area contributed by atoms with E-state index in [4.69, 9.17) is 19.2 Å². The molecule has 2 aliphatic rings. The molecule has 2 saturated heterocycles. The molecule has 50 heavy (non-hydrogen) atoms. The van der Waals surface area contributed by atoms with Gasteiger partial charge in [-0.25, -0.2) is 14.8 Å². The highest BCUT2D eigenvalue weighted by Gasteiger charge is 2.43. The van der Waals surface area contributed by atoms with Crippen LogP contribution >= 0.6 is 0 Å². The standard InChI is InChI=1S/C38H58N6O6/c1-26(2)22-44(34(46)30-21-40-35(37(3,4)5)41-32(30)39-16-13-18-48-9)29-20-28(23-42(24-29)36(47)50-38(6,7)8)33(45)43-17-19-49-25-31(43)27-14-11-10-12-15-27/h10-12,14-15,21,26,28-29,31H,13,16-20,22-25H2,1-9H3,(H,39,40,41)/t28-,29+,31?/m1/s1. The summed E-state index contributed by atoms with van der Waals surface area (Å²) >= 11 is 0. The molecular weight excluding hydrogens is 636 g/mol. The van der Waals surface area contributed by atoms with Crippen LogP contribution in [0.1, 0.15) is 96.0 Å². The Bertz CT molecular complexity index is 1440. The number of aromatic nitrogens is 2. The molecule has 276 valence electrons. The molecule has 0 bridgehead atoms. The number of hydrogen-bond donors (Lipinski definition) is 1. The van der Waals surface area contributed by atoms with E-state index in [1.807, 2.05) is 81.7 Å². The number of piperidine rings is 1. The van der Waals surface area contributed by atoms with Gasteiger partial charge in [0.15, 0.2) is 0 Å². The fourth-order valence-electron chi connectivity index (χ4n) is 6.41. The molecule has 1 N–H and O–H groups in total. The smallest absolute Gasteiger partial charge is 0.410 e. The summed E-state index contributed by atoms with van der Waals surface area (Å²) in [4.78, 5) is 57.6. The van der Waals surface area contributed by atoms with Crippen molar-refractivity contribution in [3.63, 3.8) is 0 Å². The van der Waals surface area contributed by atoms with Crippen molar-refractivity contribution >= 4 is 23.7 Å². The number of ether oxygens (including phenoxy) is 3. The molecule has 12 heteroatoms. The van der Waals surface area contributed by atoms with Crippen molar-refractivity contribution in [1.82, 2.24) is 24.7 Å². The predicted octanol–water partition coefficient (Wildman–Crippen LogP) is 5.55. The van der Waals surface area contributed by atoms with E-state index in [1.165, 1.54) is 0 Å². The van der Waals surface area contributed by atoms with Gasteiger partial charge < -0.3 is 34.2 Å². The molecule has 12 nitrogen and oxygen atoms in total. The number of methoxy groups -OCH3 is 1. The minimum Gasteiger partial charge on any atom is -0.444 e. The van der Waals surface area contributed by atoms with Gasteiger partial charge in [0.2, 0.25) is 5.91 Å². The molecule has 0 saturated carbocycles. The number of rotatable bonds is 11. The molecule has 0 aliphatic carbocycles. The second-order valence-corrected chi connectivity index (χ2v) is 15.8. The average Bonchev–Trinajstić information content (AvgIpc) is 3.07. The molecule has 2 fully saturated rings. The summed E-state index contributed by atoms with van der Waals surface area (Å²) < 4.78 is 16.9. The van der Waals surface area contributed by atoms with E-state index in [0.717, 1.165) is 12.0 Å². The number of benzene rings is 1. The molecule has 4 rings (SSSR count). The Morgan fingerprint density at radius 2 is 1.80 bits per heavy atom. The molecule has 2 aliphatic heterocycles. The molecule has 3 heterocycles. The Kier molecular flexibility index (Phi) is 13.2. The number of carbonyl (C=O) groups is 3. The fraction of sp³-hybridized carbons (Fsp3) is 0.658. The third-order valence-corrected chi connectivity index (χ3v) is 8.80. The first kappa shape index (κ1) is 39.0. The minimum absolute atomic E-state index is 0.0595. The highest BCUT2D eigenvalue weighted by Crippen LogP contribution is 2.32. The minimum atomic E-state index is -0.727. The van der Waals surface area contributed by atoms with E-state index in [-0.39, 0.29) is 42.3 Å². The zero-order chi connectivity index (χ0) is 36.6. The Balaban J connectivity index is 1.71. The molecule has 2 aromatic rings. The lowest BCUT2D eigenvalue weighted by Crippen LogP contribution is -2.58. The van der Waals surface area contributed by atoms with E-state index < -0.39 is 23.7 Å². The third kappa shape index (κ3) is 10.4. The lowest BCUT2D eigenvalue weighted by atomic mass is 9.90. The summed E-state index contributed by atoms with van der Waals surface area (Å²) in [5, 5.41) is 3.36. The average molecular weight is 695 g/mol. The van der Waals surface area contributed by atoms with Crippen LogP contribution in [-0.2, 0) is 24.4 Å². The van der Waals surface area contributed by atoms with Crippen LogP contribution in [0.2, 0.25) is 0 Å². The fourth-order valence-corrected chi connectivity index (χ4v) is 6.41. The zero-order valence-electron chi connectivity index (χ0n) is 31.5. The van der Waals surface area contributed by atoms with Crippen LogP contribution in [0.3, 0.4) is 0 Å². The Morgan fingerprint density at radius 3 is 2.44 bits per heavy atom. The summed E-state index contributed by atoms with van der Waals surface area (Å²) in [5.41, 5.74) is 0.294. The van der Waals surface area contributed by atoms with Gasteiger partial charge in [-0.15, -0.1) is 0 Å². The lowest BCUT2D eigenvalue weighted by Gasteiger charge is -2.45. The van der Waals surface area contributed by atoms with Gasteiger partial charge in [0.25, 0.3) is 5.91 Å². The van der Waals surface area contributed by atoms with Gasteiger partial charge in [-0.3, -0.25) is 9.59 Å². The maximum absolute atomic E-state index is 14.7. The largest absolute Gasteiger partial charge is 0.444 e. The van der Waals surface area contributed by atoms with Crippen LogP contribution in [0.15, 0.2) is 36.5 Å². The van der Waals surface area contributed by atoms with Crippen LogP contribution in [0.25, 0.3) is 0 Å². The normalized spacial score (nSPS) is 20.1. The molecule has 1 aromatic carbocycles.